The van der Waals surface area contributed by atoms with Crippen molar-refractivity contribution < 1.29 is 50.0 Å². The van der Waals surface area contributed by atoms with Crippen LogP contribution in [0.4, 0.5) is 0 Å². The standard InChI is InChI=1S/C3H7O5P.H2O.V.H2/c1-2(3(4)5)9(6,7)8;;;/h2H,1H3,(H,4,5)(H2,6,7,8);1H2;;1H/q;;+2;/p-2. The maximum absolute atomic E-state index is 9.94. The van der Waals surface area contributed by atoms with Gasteiger partial charge in [-0.1, -0.05) is 0 Å². The van der Waals surface area contributed by atoms with E-state index in [1.807, 2.05) is 0 Å². The van der Waals surface area contributed by atoms with Gasteiger partial charge in [0, 0.05) is 1.43 Å². The maximum atomic E-state index is 9.94. The zero-order valence-corrected chi connectivity index (χ0v) is 7.84. The molecule has 0 rings (SSSR count). The van der Waals surface area contributed by atoms with Crippen LogP contribution in [0.15, 0.2) is 0 Å². The van der Waals surface area contributed by atoms with Gasteiger partial charge in [0.05, 0.1) is 13.9 Å². The zero-order chi connectivity index (χ0) is 7.65. The summed E-state index contributed by atoms with van der Waals surface area (Å²) in [6.07, 6.45) is 0. The molecule has 3 N–H and O–H groups in total. The fraction of sp³-hybridized carbons (Fsp3) is 0.667. The first kappa shape index (κ1) is 17.4. The second-order valence-electron chi connectivity index (χ2n) is 1.56. The Labute approximate surface area is 77.1 Å². The van der Waals surface area contributed by atoms with Crippen LogP contribution >= 0.6 is 7.94 Å². The minimum absolute atomic E-state index is 0. The normalized spacial score (nSPS) is 12.4. The van der Waals surface area contributed by atoms with Gasteiger partial charge in [0.25, 0.3) is 0 Å². The van der Waals surface area contributed by atoms with Crippen molar-refractivity contribution in [1.82, 2.24) is 0 Å². The van der Waals surface area contributed by atoms with Crippen LogP contribution in [0.3, 0.4) is 0 Å². The molecule has 0 aromatic heterocycles. The average molecular weight is 223 g/mol. The third kappa shape index (κ3) is 6.71. The Morgan fingerprint density at radius 2 is 1.91 bits per heavy atom. The summed E-state index contributed by atoms with van der Waals surface area (Å²) < 4.78 is 0. The fourth-order valence-electron chi connectivity index (χ4n) is 0.133. The summed E-state index contributed by atoms with van der Waals surface area (Å²) in [6.45, 7) is 0.836. The molecule has 0 aliphatic heterocycles. The van der Waals surface area contributed by atoms with Crippen LogP contribution in [0.1, 0.15) is 8.35 Å². The van der Waals surface area contributed by atoms with Crippen LogP contribution in [0.25, 0.3) is 0 Å². The van der Waals surface area contributed by atoms with E-state index < -0.39 is 19.6 Å². The van der Waals surface area contributed by atoms with E-state index >= 15 is 0 Å². The monoisotopic (exact) mass is 223 g/mol. The van der Waals surface area contributed by atoms with Crippen molar-refractivity contribution in [2.45, 2.75) is 12.6 Å². The van der Waals surface area contributed by atoms with Crippen LogP contribution in [-0.2, 0) is 23.4 Å². The van der Waals surface area contributed by atoms with E-state index in [1.54, 1.807) is 0 Å². The Morgan fingerprint density at radius 3 is 1.91 bits per heavy atom. The summed E-state index contributed by atoms with van der Waals surface area (Å²) in [4.78, 5) is 37.6. The van der Waals surface area contributed by atoms with Crippen molar-refractivity contribution in [3.63, 3.8) is 0 Å². The van der Waals surface area contributed by atoms with Crippen LogP contribution in [0.5, 0.6) is 0 Å². The smallest absolute Gasteiger partial charge is 0.659 e. The van der Waals surface area contributed by atoms with Gasteiger partial charge in [-0.3, -0.25) is 4.89 Å². The molecule has 0 aliphatic rings. The van der Waals surface area contributed by atoms with Gasteiger partial charge in [-0.05, 0) is 6.92 Å². The first-order chi connectivity index (χ1) is 3.85. The minimum Gasteiger partial charge on any atom is -0.659 e. The van der Waals surface area contributed by atoms with Gasteiger partial charge in [-0.2, -0.15) is 0 Å². The number of hydrogen-bond acceptors (Lipinski definition) is 5. The molecule has 0 spiro atoms. The summed E-state index contributed by atoms with van der Waals surface area (Å²) in [5.41, 5.74) is -1.82. The first-order valence-corrected chi connectivity index (χ1v) is 3.74. The molecule has 67 valence electrons. The van der Waals surface area contributed by atoms with E-state index in [1.165, 1.54) is 0 Å². The van der Waals surface area contributed by atoms with Gasteiger partial charge >= 0.3 is 18.6 Å². The number of hydrogen-bond donors (Lipinski definition) is 1. The summed E-state index contributed by atoms with van der Waals surface area (Å²) in [6, 6.07) is 0. The van der Waals surface area contributed by atoms with Crippen molar-refractivity contribution in [2.75, 3.05) is 0 Å². The van der Waals surface area contributed by atoms with Crippen molar-refractivity contribution >= 4 is 13.9 Å². The van der Waals surface area contributed by atoms with Gasteiger partial charge in [-0.15, -0.1) is 0 Å². The zero-order valence-electron chi connectivity index (χ0n) is 5.55. The van der Waals surface area contributed by atoms with Crippen LogP contribution in [-0.4, -0.2) is 22.0 Å². The molecule has 1 unspecified atom stereocenters. The second-order valence-corrected chi connectivity index (χ2v) is 3.46. The topological polar surface area (TPSA) is 138 Å². The SMILES string of the molecule is CC(C(=O)[O-])[P+]([O-])([O-])O.O.[HH].[V+2]. The van der Waals surface area contributed by atoms with E-state index in [0.717, 1.165) is 6.92 Å². The van der Waals surface area contributed by atoms with Gasteiger partial charge in [0.2, 0.25) is 0 Å². The summed E-state index contributed by atoms with van der Waals surface area (Å²) in [7, 11) is -4.72. The molecule has 0 saturated carbocycles. The van der Waals surface area contributed by atoms with Gasteiger partial charge in [0.1, 0.15) is 5.66 Å². The minimum atomic E-state index is -4.72. The maximum Gasteiger partial charge on any atom is 2.00 e. The number of carboxylic acid groups (broad SMARTS) is 1. The van der Waals surface area contributed by atoms with E-state index in [-0.39, 0.29) is 25.5 Å². The Bertz CT molecular complexity index is 126. The number of carboxylic acids is 1. The molecule has 0 heterocycles. The Morgan fingerprint density at radius 1 is 1.64 bits per heavy atom. The predicted octanol–water partition coefficient (Wildman–Crippen LogP) is -3.98. The van der Waals surface area contributed by atoms with Crippen LogP contribution in [0, 0.1) is 0 Å². The van der Waals surface area contributed by atoms with Gasteiger partial charge in [-0.25, -0.2) is 0 Å². The molecule has 6 nitrogen and oxygen atoms in total. The van der Waals surface area contributed by atoms with Gasteiger partial charge < -0.3 is 25.2 Å². The third-order valence-corrected chi connectivity index (χ3v) is 2.02. The van der Waals surface area contributed by atoms with E-state index in [4.69, 9.17) is 4.89 Å². The van der Waals surface area contributed by atoms with Crippen molar-refractivity contribution in [3.05, 3.63) is 0 Å². The molecule has 1 radical (unpaired) electrons. The number of rotatable bonds is 2. The van der Waals surface area contributed by atoms with Gasteiger partial charge in [0.15, 0.2) is 0 Å². The van der Waals surface area contributed by atoms with E-state index in [2.05, 4.69) is 0 Å². The molecule has 1 atom stereocenters. The number of carbonyl (C=O) groups excluding carboxylic acids is 1. The molecule has 0 aromatic carbocycles. The summed E-state index contributed by atoms with van der Waals surface area (Å²) >= 11 is 0. The fourth-order valence-corrected chi connectivity index (χ4v) is 0.400. The summed E-state index contributed by atoms with van der Waals surface area (Å²) in [5.74, 6) is -1.80. The molecular formula is C3H9O6PV. The second kappa shape index (κ2) is 5.91. The van der Waals surface area contributed by atoms with E-state index in [0.29, 0.717) is 0 Å². The largest absolute Gasteiger partial charge is 2.00 e. The van der Waals surface area contributed by atoms with Crippen LogP contribution in [0.2, 0.25) is 0 Å². The molecule has 11 heavy (non-hydrogen) atoms. The summed E-state index contributed by atoms with van der Waals surface area (Å²) in [5, 5.41) is 9.70. The van der Waals surface area contributed by atoms with Crippen molar-refractivity contribution in [3.8, 4) is 0 Å². The molecule has 0 aliphatic carbocycles. The number of aliphatic carboxylic acids is 1. The molecule has 0 aromatic rings. The van der Waals surface area contributed by atoms with Crippen LogP contribution < -0.4 is 14.9 Å². The Hall–Kier alpha value is 0.324. The quantitative estimate of drug-likeness (QED) is 0.475. The molecule has 0 bridgehead atoms. The molecule has 0 amide bonds. The molecule has 0 fully saturated rings. The molecular weight excluding hydrogens is 214 g/mol. The van der Waals surface area contributed by atoms with Crippen molar-refractivity contribution in [2.24, 2.45) is 0 Å². The Balaban J connectivity index is -0.000000107. The molecule has 8 heteroatoms. The third-order valence-electron chi connectivity index (χ3n) is 0.831. The van der Waals surface area contributed by atoms with E-state index in [9.17, 15) is 19.7 Å². The molecule has 0 saturated heterocycles. The Kier molecular flexibility index (Phi) is 9.36. The predicted molar refractivity (Wildman–Crippen MR) is 29.3 cm³/mol. The van der Waals surface area contributed by atoms with Crippen molar-refractivity contribution in [1.29, 1.82) is 0 Å². The first-order valence-electron chi connectivity index (χ1n) is 2.10. The average Bonchev–Trinajstić information content (AvgIpc) is 1.62. The number of carbonyl (C=O) groups is 1.